The van der Waals surface area contributed by atoms with Crippen LogP contribution in [0.1, 0.15) is 24.2 Å². The fourth-order valence-electron chi connectivity index (χ4n) is 5.72. The van der Waals surface area contributed by atoms with E-state index in [-0.39, 0.29) is 61.3 Å². The molecule has 2 aliphatic heterocycles. The van der Waals surface area contributed by atoms with E-state index >= 15 is 0 Å². The molecule has 0 aliphatic carbocycles. The van der Waals surface area contributed by atoms with Gasteiger partial charge >= 0.3 is 12.1 Å². The number of aliphatic hydroxyl groups excluding tert-OH is 1. The molecule has 47 heavy (non-hydrogen) atoms. The summed E-state index contributed by atoms with van der Waals surface area (Å²) >= 11 is 0. The lowest BCUT2D eigenvalue weighted by molar-refractivity contribution is 0.0373. The Balaban J connectivity index is 1.25. The number of carbonyl (C=O) groups excluding carboxylic acids is 3. The molecular weight excluding hydrogens is 602 g/mol. The van der Waals surface area contributed by atoms with E-state index in [0.717, 1.165) is 10.8 Å². The maximum atomic E-state index is 13.8. The molecule has 2 heterocycles. The first-order valence-corrected chi connectivity index (χ1v) is 15.4. The van der Waals surface area contributed by atoms with E-state index < -0.39 is 18.2 Å². The molecule has 12 heteroatoms. The first-order valence-electron chi connectivity index (χ1n) is 15.4. The summed E-state index contributed by atoms with van der Waals surface area (Å²) < 4.78 is 17.3. The summed E-state index contributed by atoms with van der Waals surface area (Å²) in [5.74, 6) is 0.740. The number of rotatable bonds is 7. The lowest BCUT2D eigenvalue weighted by Gasteiger charge is -2.38. The van der Waals surface area contributed by atoms with Gasteiger partial charge in [0.05, 0.1) is 36.1 Å². The summed E-state index contributed by atoms with van der Waals surface area (Å²) in [6, 6.07) is 22.1. The number of nitrogens with zero attached hydrogens (tertiary/aromatic N) is 2. The van der Waals surface area contributed by atoms with Crippen LogP contribution in [-0.4, -0.2) is 78.6 Å². The zero-order valence-corrected chi connectivity index (χ0v) is 26.4. The number of urea groups is 2. The van der Waals surface area contributed by atoms with Gasteiger partial charge in [0.15, 0.2) is 17.2 Å². The van der Waals surface area contributed by atoms with Gasteiger partial charge in [0.2, 0.25) is 6.79 Å². The summed E-state index contributed by atoms with van der Waals surface area (Å²) in [6.45, 7) is 4.02. The minimum Gasteiger partial charge on any atom is -0.485 e. The molecule has 0 spiro atoms. The minimum atomic E-state index is -0.591. The van der Waals surface area contributed by atoms with Crippen molar-refractivity contribution in [1.82, 2.24) is 9.80 Å². The quantitative estimate of drug-likeness (QED) is 0.206. The van der Waals surface area contributed by atoms with Gasteiger partial charge in [0.1, 0.15) is 6.10 Å². The second kappa shape index (κ2) is 13.5. The predicted octanol–water partition coefficient (Wildman–Crippen LogP) is 5.60. The smallest absolute Gasteiger partial charge is 0.323 e. The average molecular weight is 640 g/mol. The lowest BCUT2D eigenvalue weighted by atomic mass is 9.99. The van der Waals surface area contributed by atoms with Gasteiger partial charge in [0.25, 0.3) is 5.91 Å². The predicted molar refractivity (Wildman–Crippen MR) is 178 cm³/mol. The van der Waals surface area contributed by atoms with Gasteiger partial charge in [-0.15, -0.1) is 0 Å². The highest BCUT2D eigenvalue weighted by Gasteiger charge is 2.35. The van der Waals surface area contributed by atoms with Crippen LogP contribution in [0, 0.1) is 5.92 Å². The number of nitrogens with one attached hydrogen (secondary N) is 3. The zero-order chi connectivity index (χ0) is 33.1. The molecule has 6 rings (SSSR count). The van der Waals surface area contributed by atoms with Crippen molar-refractivity contribution in [3.63, 3.8) is 0 Å². The molecule has 0 fully saturated rings. The number of likely N-dealkylation sites (N-methyl/N-ethyl adjacent to an activating group) is 1. The molecule has 2 aliphatic rings. The SMILES string of the molecule is C[C@H](CO)N1C[C@H](C)[C@@H](CN(C)C(=O)Nc2ccc3c(c2)OCO3)Oc2c(NC(=O)Nc3cccc4ccccc34)cccc2C1=O. The van der Waals surface area contributed by atoms with Crippen molar-refractivity contribution in [3.05, 3.63) is 84.4 Å². The van der Waals surface area contributed by atoms with Crippen LogP contribution < -0.4 is 30.2 Å². The second-order valence-corrected chi connectivity index (χ2v) is 11.8. The topological polar surface area (TPSA) is 142 Å². The average Bonchev–Trinajstić information content (AvgIpc) is 3.54. The van der Waals surface area contributed by atoms with Crippen molar-refractivity contribution in [3.8, 4) is 17.2 Å². The monoisotopic (exact) mass is 639 g/mol. The third-order valence-electron chi connectivity index (χ3n) is 8.40. The number of carbonyl (C=O) groups is 3. The Labute approximate surface area is 272 Å². The Morgan fingerprint density at radius 2 is 1.68 bits per heavy atom. The van der Waals surface area contributed by atoms with E-state index in [4.69, 9.17) is 14.2 Å². The molecule has 0 unspecified atom stereocenters. The maximum Gasteiger partial charge on any atom is 0.323 e. The normalized spacial score (nSPS) is 17.5. The first-order chi connectivity index (χ1) is 22.7. The number of ether oxygens (including phenoxy) is 3. The fourth-order valence-corrected chi connectivity index (χ4v) is 5.72. The highest BCUT2D eigenvalue weighted by Crippen LogP contribution is 2.36. The van der Waals surface area contributed by atoms with Crippen LogP contribution in [0.5, 0.6) is 17.2 Å². The number of para-hydroxylation sites is 1. The van der Waals surface area contributed by atoms with Gasteiger partial charge in [-0.3, -0.25) is 4.79 Å². The van der Waals surface area contributed by atoms with Gasteiger partial charge in [-0.25, -0.2) is 9.59 Å². The molecule has 0 saturated heterocycles. The number of benzene rings is 4. The maximum absolute atomic E-state index is 13.8. The van der Waals surface area contributed by atoms with Gasteiger partial charge in [-0.1, -0.05) is 49.4 Å². The molecule has 4 N–H and O–H groups in total. The number of anilines is 3. The van der Waals surface area contributed by atoms with Crippen LogP contribution in [0.4, 0.5) is 26.7 Å². The van der Waals surface area contributed by atoms with Crippen LogP contribution >= 0.6 is 0 Å². The molecule has 244 valence electrons. The van der Waals surface area contributed by atoms with Gasteiger partial charge in [0, 0.05) is 36.7 Å². The Hall–Kier alpha value is -5.49. The highest BCUT2D eigenvalue weighted by atomic mass is 16.7. The lowest BCUT2D eigenvalue weighted by Crippen LogP contribution is -2.50. The van der Waals surface area contributed by atoms with Crippen LogP contribution in [0.3, 0.4) is 0 Å². The van der Waals surface area contributed by atoms with Crippen molar-refractivity contribution >= 4 is 45.8 Å². The molecule has 0 radical (unpaired) electrons. The van der Waals surface area contributed by atoms with Crippen LogP contribution in [0.25, 0.3) is 10.8 Å². The van der Waals surface area contributed by atoms with E-state index in [9.17, 15) is 19.5 Å². The standard InChI is InChI=1S/C35H37N5O7/c1-21-17-40(22(2)19-41)33(42)26-11-7-13-28(38-34(43)37-27-12-6-9-23-8-4-5-10-25(23)27)32(26)47-31(21)18-39(3)35(44)36-24-14-15-29-30(16-24)46-20-45-29/h4-16,21-22,31,41H,17-20H2,1-3H3,(H,36,44)(H2,37,38,43)/t21-,22+,31+/m0/s1. The van der Waals surface area contributed by atoms with E-state index in [1.54, 1.807) is 55.3 Å². The molecule has 0 aromatic heterocycles. The van der Waals surface area contributed by atoms with E-state index in [1.807, 2.05) is 49.4 Å². The Bertz CT molecular complexity index is 1810. The van der Waals surface area contributed by atoms with Crippen molar-refractivity contribution in [2.45, 2.75) is 26.0 Å². The van der Waals surface area contributed by atoms with Crippen LogP contribution in [0.15, 0.2) is 78.9 Å². The van der Waals surface area contributed by atoms with E-state index in [0.29, 0.717) is 22.9 Å². The summed E-state index contributed by atoms with van der Waals surface area (Å²) in [5, 5.41) is 20.5. The minimum absolute atomic E-state index is 0.126. The first kappa shape index (κ1) is 31.5. The number of fused-ring (bicyclic) bond motifs is 3. The highest BCUT2D eigenvalue weighted by molar-refractivity contribution is 6.08. The van der Waals surface area contributed by atoms with Crippen molar-refractivity contribution in [2.24, 2.45) is 5.92 Å². The van der Waals surface area contributed by atoms with E-state index in [1.165, 1.54) is 4.90 Å². The van der Waals surface area contributed by atoms with Crippen molar-refractivity contribution in [2.75, 3.05) is 49.5 Å². The van der Waals surface area contributed by atoms with Gasteiger partial charge in [-0.2, -0.15) is 0 Å². The van der Waals surface area contributed by atoms with Crippen molar-refractivity contribution in [1.29, 1.82) is 0 Å². The third-order valence-corrected chi connectivity index (χ3v) is 8.40. The van der Waals surface area contributed by atoms with Gasteiger partial charge in [-0.05, 0) is 42.6 Å². The molecule has 4 aromatic rings. The zero-order valence-electron chi connectivity index (χ0n) is 26.4. The second-order valence-electron chi connectivity index (χ2n) is 11.8. The van der Waals surface area contributed by atoms with Gasteiger partial charge < -0.3 is 45.1 Å². The summed E-state index contributed by atoms with van der Waals surface area (Å²) in [6.07, 6.45) is -0.591. The van der Waals surface area contributed by atoms with Crippen LogP contribution in [-0.2, 0) is 0 Å². The molecular formula is C35H37N5O7. The molecule has 4 aromatic carbocycles. The summed E-state index contributed by atoms with van der Waals surface area (Å²) in [5.41, 5.74) is 1.69. The van der Waals surface area contributed by atoms with E-state index in [2.05, 4.69) is 16.0 Å². The Morgan fingerprint density at radius 3 is 2.51 bits per heavy atom. The van der Waals surface area contributed by atoms with Crippen molar-refractivity contribution < 1.29 is 33.7 Å². The Kier molecular flexibility index (Phi) is 9.03. The molecule has 3 atom stereocenters. The number of hydrogen-bond acceptors (Lipinski definition) is 7. The molecule has 5 amide bonds. The largest absolute Gasteiger partial charge is 0.485 e. The Morgan fingerprint density at radius 1 is 0.957 bits per heavy atom. The third kappa shape index (κ3) is 6.73. The summed E-state index contributed by atoms with van der Waals surface area (Å²) in [4.78, 5) is 43.6. The summed E-state index contributed by atoms with van der Waals surface area (Å²) in [7, 11) is 1.65. The number of amides is 5. The molecule has 0 saturated carbocycles. The van der Waals surface area contributed by atoms with Crippen LogP contribution in [0.2, 0.25) is 0 Å². The number of aliphatic hydroxyl groups is 1. The molecule has 12 nitrogen and oxygen atoms in total. The molecule has 0 bridgehead atoms. The number of hydrogen-bond donors (Lipinski definition) is 4. The fraction of sp³-hybridized carbons (Fsp3) is 0.286.